The zero-order chi connectivity index (χ0) is 22.5. The molecule has 2 aliphatic rings. The highest BCUT2D eigenvalue weighted by Gasteiger charge is 2.27. The first-order valence-corrected chi connectivity index (χ1v) is 11.7. The number of benzene rings is 2. The summed E-state index contributed by atoms with van der Waals surface area (Å²) in [4.78, 5) is 12.5. The number of piperidine rings is 1. The van der Waals surface area contributed by atoms with Crippen LogP contribution >= 0.6 is 0 Å². The van der Waals surface area contributed by atoms with Crippen molar-refractivity contribution in [1.29, 1.82) is 0 Å². The second-order valence-electron chi connectivity index (χ2n) is 9.11. The SMILES string of the molecule is COc1ccc([C@@H](C)N[C@H]2CCC(c3ccc(C(=O)NC4CCNCC4)cc3)C2)cc1F. The van der Waals surface area contributed by atoms with Crippen molar-refractivity contribution < 1.29 is 13.9 Å². The Kier molecular flexibility index (Phi) is 7.43. The van der Waals surface area contributed by atoms with Crippen molar-refractivity contribution >= 4 is 5.91 Å². The quantitative estimate of drug-likeness (QED) is 0.602. The second kappa shape index (κ2) is 10.5. The maximum atomic E-state index is 14.0. The lowest BCUT2D eigenvalue weighted by Gasteiger charge is -2.23. The van der Waals surface area contributed by atoms with E-state index in [0.717, 1.165) is 56.3 Å². The zero-order valence-electron chi connectivity index (χ0n) is 19.0. The minimum Gasteiger partial charge on any atom is -0.494 e. The van der Waals surface area contributed by atoms with Gasteiger partial charge in [-0.1, -0.05) is 18.2 Å². The van der Waals surface area contributed by atoms with Crippen LogP contribution < -0.4 is 20.7 Å². The van der Waals surface area contributed by atoms with Crippen molar-refractivity contribution in [2.75, 3.05) is 20.2 Å². The smallest absolute Gasteiger partial charge is 0.251 e. The summed E-state index contributed by atoms with van der Waals surface area (Å²) < 4.78 is 19.1. The highest BCUT2D eigenvalue weighted by Crippen LogP contribution is 2.35. The van der Waals surface area contributed by atoms with Crippen molar-refractivity contribution in [3.63, 3.8) is 0 Å². The first-order valence-electron chi connectivity index (χ1n) is 11.7. The Hall–Kier alpha value is -2.44. The molecule has 1 unspecified atom stereocenters. The monoisotopic (exact) mass is 439 g/mol. The summed E-state index contributed by atoms with van der Waals surface area (Å²) >= 11 is 0. The Morgan fingerprint density at radius 1 is 1.06 bits per heavy atom. The van der Waals surface area contributed by atoms with Crippen LogP contribution in [0.2, 0.25) is 0 Å². The van der Waals surface area contributed by atoms with E-state index in [1.54, 1.807) is 12.1 Å². The van der Waals surface area contributed by atoms with Crippen LogP contribution in [0.1, 0.15) is 72.5 Å². The number of methoxy groups -OCH3 is 1. The maximum absolute atomic E-state index is 14.0. The van der Waals surface area contributed by atoms with Crippen LogP contribution in [-0.4, -0.2) is 38.2 Å². The van der Waals surface area contributed by atoms with Crippen molar-refractivity contribution in [2.45, 2.75) is 63.1 Å². The number of hydrogen-bond donors (Lipinski definition) is 3. The molecule has 0 radical (unpaired) electrons. The minimum absolute atomic E-state index is 0.0231. The first kappa shape index (κ1) is 22.7. The minimum atomic E-state index is -0.327. The average Bonchev–Trinajstić information content (AvgIpc) is 3.28. The molecule has 1 saturated carbocycles. The highest BCUT2D eigenvalue weighted by atomic mass is 19.1. The number of halogens is 1. The third kappa shape index (κ3) is 5.48. The van der Waals surface area contributed by atoms with Gasteiger partial charge in [-0.2, -0.15) is 0 Å². The molecule has 1 amide bonds. The molecule has 172 valence electrons. The lowest BCUT2D eigenvalue weighted by atomic mass is 9.96. The van der Waals surface area contributed by atoms with Crippen LogP contribution in [0.5, 0.6) is 5.75 Å². The summed E-state index contributed by atoms with van der Waals surface area (Å²) in [6.07, 6.45) is 5.22. The molecule has 2 aromatic carbocycles. The molecule has 0 bridgehead atoms. The number of rotatable bonds is 7. The lowest BCUT2D eigenvalue weighted by molar-refractivity contribution is 0.0929. The van der Waals surface area contributed by atoms with Gasteiger partial charge in [-0.25, -0.2) is 4.39 Å². The third-order valence-electron chi connectivity index (χ3n) is 6.91. The first-order chi connectivity index (χ1) is 15.5. The molecule has 4 rings (SSSR count). The van der Waals surface area contributed by atoms with Gasteiger partial charge in [0, 0.05) is 23.7 Å². The number of ether oxygens (including phenoxy) is 1. The Labute approximate surface area is 190 Å². The normalized spacial score (nSPS) is 22.5. The van der Waals surface area contributed by atoms with E-state index < -0.39 is 0 Å². The topological polar surface area (TPSA) is 62.4 Å². The van der Waals surface area contributed by atoms with Gasteiger partial charge in [-0.15, -0.1) is 0 Å². The molecule has 0 aromatic heterocycles. The van der Waals surface area contributed by atoms with E-state index in [9.17, 15) is 9.18 Å². The van der Waals surface area contributed by atoms with Gasteiger partial charge in [0.25, 0.3) is 5.91 Å². The molecule has 3 atom stereocenters. The van der Waals surface area contributed by atoms with Crippen molar-refractivity contribution in [1.82, 2.24) is 16.0 Å². The van der Waals surface area contributed by atoms with Crippen LogP contribution in [0.25, 0.3) is 0 Å². The summed E-state index contributed by atoms with van der Waals surface area (Å²) in [5.74, 6) is 0.450. The fraction of sp³-hybridized carbons (Fsp3) is 0.500. The standard InChI is InChI=1S/C26H34FN3O2/c1-17(20-8-10-25(32-2)24(27)16-20)29-23-9-7-21(15-23)18-3-5-19(6-4-18)26(31)30-22-11-13-28-14-12-22/h3-6,8,10,16-17,21-23,28-29H,7,9,11-15H2,1-2H3,(H,30,31)/t17-,21?,23+/m1/s1. The van der Waals surface area contributed by atoms with Crippen LogP contribution in [0.3, 0.4) is 0 Å². The fourth-order valence-electron chi connectivity index (χ4n) is 4.98. The van der Waals surface area contributed by atoms with Crippen molar-refractivity contribution in [3.8, 4) is 5.75 Å². The summed E-state index contributed by atoms with van der Waals surface area (Å²) in [6, 6.07) is 14.0. The molecule has 5 nitrogen and oxygen atoms in total. The van der Waals surface area contributed by atoms with Gasteiger partial charge < -0.3 is 20.7 Å². The van der Waals surface area contributed by atoms with Gasteiger partial charge in [-0.3, -0.25) is 4.79 Å². The summed E-state index contributed by atoms with van der Waals surface area (Å²) in [7, 11) is 1.48. The second-order valence-corrected chi connectivity index (χ2v) is 9.11. The van der Waals surface area contributed by atoms with Crippen LogP contribution in [0.4, 0.5) is 4.39 Å². The number of amides is 1. The zero-order valence-corrected chi connectivity index (χ0v) is 19.0. The van der Waals surface area contributed by atoms with Crippen LogP contribution in [0.15, 0.2) is 42.5 Å². The van der Waals surface area contributed by atoms with Crippen LogP contribution in [-0.2, 0) is 0 Å². The molecular formula is C26H34FN3O2. The Morgan fingerprint density at radius 3 is 2.50 bits per heavy atom. The maximum Gasteiger partial charge on any atom is 0.251 e. The average molecular weight is 440 g/mol. The van der Waals surface area contributed by atoms with Crippen LogP contribution in [0, 0.1) is 5.82 Å². The number of carbonyl (C=O) groups excluding carboxylic acids is 1. The van der Waals surface area contributed by atoms with E-state index in [2.05, 4.69) is 35.0 Å². The highest BCUT2D eigenvalue weighted by molar-refractivity contribution is 5.94. The summed E-state index contributed by atoms with van der Waals surface area (Å²) in [5.41, 5.74) is 2.95. The van der Waals surface area contributed by atoms with Crippen molar-refractivity contribution in [2.24, 2.45) is 0 Å². The molecular weight excluding hydrogens is 405 g/mol. The van der Waals surface area contributed by atoms with E-state index in [-0.39, 0.29) is 29.6 Å². The Bertz CT molecular complexity index is 912. The summed E-state index contributed by atoms with van der Waals surface area (Å²) in [5, 5.41) is 10.1. The molecule has 1 heterocycles. The van der Waals surface area contributed by atoms with E-state index >= 15 is 0 Å². The molecule has 2 aromatic rings. The van der Waals surface area contributed by atoms with Gasteiger partial charge in [0.15, 0.2) is 11.6 Å². The molecule has 2 fully saturated rings. The van der Waals surface area contributed by atoms with E-state index in [1.165, 1.54) is 12.7 Å². The van der Waals surface area contributed by atoms with E-state index in [1.807, 2.05) is 18.2 Å². The third-order valence-corrected chi connectivity index (χ3v) is 6.91. The van der Waals surface area contributed by atoms with Gasteiger partial charge >= 0.3 is 0 Å². The lowest BCUT2D eigenvalue weighted by Crippen LogP contribution is -2.42. The molecule has 1 aliphatic heterocycles. The number of carbonyl (C=O) groups is 1. The Balaban J connectivity index is 1.30. The fourth-order valence-corrected chi connectivity index (χ4v) is 4.98. The molecule has 6 heteroatoms. The van der Waals surface area contributed by atoms with Gasteiger partial charge in [0.1, 0.15) is 0 Å². The van der Waals surface area contributed by atoms with Gasteiger partial charge in [-0.05, 0) is 93.4 Å². The number of nitrogens with one attached hydrogen (secondary N) is 3. The number of hydrogen-bond acceptors (Lipinski definition) is 4. The Morgan fingerprint density at radius 2 is 1.81 bits per heavy atom. The van der Waals surface area contributed by atoms with E-state index in [0.29, 0.717) is 12.0 Å². The molecule has 1 aliphatic carbocycles. The molecule has 32 heavy (non-hydrogen) atoms. The molecule has 3 N–H and O–H groups in total. The molecule has 0 spiro atoms. The largest absolute Gasteiger partial charge is 0.494 e. The predicted octanol–water partition coefficient (Wildman–Crippen LogP) is 4.30. The predicted molar refractivity (Wildman–Crippen MR) is 125 cm³/mol. The summed E-state index contributed by atoms with van der Waals surface area (Å²) in [6.45, 7) is 4.00. The van der Waals surface area contributed by atoms with E-state index in [4.69, 9.17) is 4.74 Å². The van der Waals surface area contributed by atoms with Gasteiger partial charge in [0.2, 0.25) is 0 Å². The molecule has 1 saturated heterocycles. The van der Waals surface area contributed by atoms with Gasteiger partial charge in [0.05, 0.1) is 7.11 Å². The van der Waals surface area contributed by atoms with Crippen molar-refractivity contribution in [3.05, 3.63) is 65.0 Å².